The van der Waals surface area contributed by atoms with Crippen LogP contribution in [0.4, 0.5) is 0 Å². The first kappa shape index (κ1) is 11.9. The molecule has 0 radical (unpaired) electrons. The number of piperidine rings is 1. The van der Waals surface area contributed by atoms with E-state index in [1.165, 1.54) is 0 Å². The van der Waals surface area contributed by atoms with Gasteiger partial charge in [-0.25, -0.2) is 13.1 Å². The van der Waals surface area contributed by atoms with Crippen LogP contribution in [0.25, 0.3) is 0 Å². The van der Waals surface area contributed by atoms with Gasteiger partial charge in [-0.05, 0) is 31.8 Å². The van der Waals surface area contributed by atoms with Crippen molar-refractivity contribution < 1.29 is 8.42 Å². The van der Waals surface area contributed by atoms with Gasteiger partial charge in [-0.1, -0.05) is 13.8 Å². The molecule has 14 heavy (non-hydrogen) atoms. The summed E-state index contributed by atoms with van der Waals surface area (Å²) in [5.74, 6) is 0.624. The van der Waals surface area contributed by atoms with E-state index in [0.717, 1.165) is 19.5 Å². The number of hydrogen-bond donors (Lipinski definition) is 2. The highest BCUT2D eigenvalue weighted by molar-refractivity contribution is 7.89. The molecule has 0 bridgehead atoms. The Morgan fingerprint density at radius 2 is 2.21 bits per heavy atom. The third kappa shape index (κ3) is 3.55. The van der Waals surface area contributed by atoms with Gasteiger partial charge in [-0.15, -0.1) is 0 Å². The maximum absolute atomic E-state index is 11.5. The van der Waals surface area contributed by atoms with Crippen molar-refractivity contribution in [2.45, 2.75) is 32.7 Å². The lowest BCUT2D eigenvalue weighted by atomic mass is 9.97. The topological polar surface area (TPSA) is 58.2 Å². The molecule has 1 fully saturated rings. The minimum absolute atomic E-state index is 0.118. The van der Waals surface area contributed by atoms with Crippen LogP contribution in [0.3, 0.4) is 0 Å². The minimum Gasteiger partial charge on any atom is -0.316 e. The van der Waals surface area contributed by atoms with Crippen LogP contribution in [-0.2, 0) is 10.0 Å². The Morgan fingerprint density at radius 1 is 1.50 bits per heavy atom. The summed E-state index contributed by atoms with van der Waals surface area (Å²) in [7, 11) is -3.04. The average Bonchev–Trinajstić information content (AvgIpc) is 2.08. The molecule has 84 valence electrons. The van der Waals surface area contributed by atoms with Gasteiger partial charge in [0.1, 0.15) is 0 Å². The second-order valence-corrected chi connectivity index (χ2v) is 5.89. The van der Waals surface area contributed by atoms with Crippen LogP contribution in [0.1, 0.15) is 26.7 Å². The smallest absolute Gasteiger partial charge is 0.211 e. The largest absolute Gasteiger partial charge is 0.316 e. The fraction of sp³-hybridized carbons (Fsp3) is 1.00. The Hall–Kier alpha value is -0.130. The Kier molecular flexibility index (Phi) is 4.34. The van der Waals surface area contributed by atoms with Gasteiger partial charge >= 0.3 is 0 Å². The Bertz CT molecular complexity index is 264. The Morgan fingerprint density at radius 3 is 2.79 bits per heavy atom. The Balaban J connectivity index is 2.49. The van der Waals surface area contributed by atoms with Gasteiger partial charge in [0, 0.05) is 6.04 Å². The average molecular weight is 220 g/mol. The maximum Gasteiger partial charge on any atom is 0.211 e. The van der Waals surface area contributed by atoms with Gasteiger partial charge in [0.25, 0.3) is 0 Å². The van der Waals surface area contributed by atoms with Crippen molar-refractivity contribution in [2.75, 3.05) is 18.8 Å². The molecule has 1 aliphatic rings. The molecule has 0 aromatic carbocycles. The predicted molar refractivity (Wildman–Crippen MR) is 57.7 cm³/mol. The summed E-state index contributed by atoms with van der Waals surface area (Å²) in [4.78, 5) is 0. The lowest BCUT2D eigenvalue weighted by Gasteiger charge is -2.29. The quantitative estimate of drug-likeness (QED) is 0.717. The van der Waals surface area contributed by atoms with Crippen molar-refractivity contribution in [3.8, 4) is 0 Å². The second kappa shape index (κ2) is 5.09. The maximum atomic E-state index is 11.5. The van der Waals surface area contributed by atoms with Crippen LogP contribution >= 0.6 is 0 Å². The fourth-order valence-corrected chi connectivity index (χ4v) is 3.21. The molecule has 1 saturated heterocycles. The highest BCUT2D eigenvalue weighted by Crippen LogP contribution is 2.11. The third-order valence-corrected chi connectivity index (χ3v) is 4.20. The molecular formula is C9H20N2O2S. The molecule has 5 heteroatoms. The zero-order valence-electron chi connectivity index (χ0n) is 8.91. The molecule has 1 rings (SSSR count). The van der Waals surface area contributed by atoms with E-state index in [1.807, 2.05) is 6.92 Å². The molecule has 0 saturated carbocycles. The predicted octanol–water partition coefficient (Wildman–Crippen LogP) is 0.314. The lowest BCUT2D eigenvalue weighted by Crippen LogP contribution is -2.48. The standard InChI is InChI=1S/C9H20N2O2S/c1-3-6-14(12,13)11-9-4-5-10-7-8(9)2/h8-11H,3-7H2,1-2H3. The highest BCUT2D eigenvalue weighted by Gasteiger charge is 2.24. The monoisotopic (exact) mass is 220 g/mol. The molecule has 4 nitrogen and oxygen atoms in total. The first-order valence-corrected chi connectivity index (χ1v) is 6.91. The van der Waals surface area contributed by atoms with Gasteiger partial charge in [-0.2, -0.15) is 0 Å². The molecule has 0 aliphatic carbocycles. The Labute approximate surface area is 86.5 Å². The SMILES string of the molecule is CCCS(=O)(=O)NC1CCNCC1C. The molecule has 2 unspecified atom stereocenters. The molecule has 0 spiro atoms. The first-order valence-electron chi connectivity index (χ1n) is 5.26. The first-order chi connectivity index (χ1) is 6.55. The molecular weight excluding hydrogens is 200 g/mol. The number of sulfonamides is 1. The van der Waals surface area contributed by atoms with Crippen molar-refractivity contribution in [3.63, 3.8) is 0 Å². The van der Waals surface area contributed by atoms with Crippen molar-refractivity contribution >= 4 is 10.0 Å². The number of rotatable bonds is 4. The van der Waals surface area contributed by atoms with Gasteiger partial charge in [0.2, 0.25) is 10.0 Å². The number of hydrogen-bond acceptors (Lipinski definition) is 3. The molecule has 0 aromatic heterocycles. The molecule has 1 aliphatic heterocycles. The molecule has 2 atom stereocenters. The highest BCUT2D eigenvalue weighted by atomic mass is 32.2. The van der Waals surface area contributed by atoms with Crippen LogP contribution in [-0.4, -0.2) is 33.3 Å². The van der Waals surface area contributed by atoms with E-state index >= 15 is 0 Å². The normalized spacial score (nSPS) is 29.0. The molecule has 0 amide bonds. The molecule has 2 N–H and O–H groups in total. The van der Waals surface area contributed by atoms with Crippen LogP contribution < -0.4 is 10.0 Å². The zero-order valence-corrected chi connectivity index (χ0v) is 9.73. The van der Waals surface area contributed by atoms with Gasteiger partial charge in [0.15, 0.2) is 0 Å². The summed E-state index contributed by atoms with van der Waals surface area (Å²) >= 11 is 0. The minimum atomic E-state index is -3.04. The molecule has 1 heterocycles. The van der Waals surface area contributed by atoms with E-state index in [-0.39, 0.29) is 11.8 Å². The summed E-state index contributed by atoms with van der Waals surface area (Å²) in [6, 6.07) is 0.118. The lowest BCUT2D eigenvalue weighted by molar-refractivity contribution is 0.328. The van der Waals surface area contributed by atoms with E-state index in [4.69, 9.17) is 0 Å². The summed E-state index contributed by atoms with van der Waals surface area (Å²) < 4.78 is 25.8. The van der Waals surface area contributed by atoms with Gasteiger partial charge in [-0.3, -0.25) is 0 Å². The van der Waals surface area contributed by atoms with Crippen molar-refractivity contribution in [2.24, 2.45) is 5.92 Å². The second-order valence-electron chi connectivity index (χ2n) is 4.01. The molecule has 0 aromatic rings. The van der Waals surface area contributed by atoms with Gasteiger partial charge < -0.3 is 5.32 Å². The van der Waals surface area contributed by atoms with Gasteiger partial charge in [0.05, 0.1) is 5.75 Å². The van der Waals surface area contributed by atoms with Crippen LogP contribution in [0.15, 0.2) is 0 Å². The van der Waals surface area contributed by atoms with E-state index in [1.54, 1.807) is 0 Å². The summed E-state index contributed by atoms with van der Waals surface area (Å²) in [5, 5.41) is 3.25. The zero-order chi connectivity index (χ0) is 10.6. The fourth-order valence-electron chi connectivity index (χ4n) is 1.75. The van der Waals surface area contributed by atoms with E-state index in [2.05, 4.69) is 17.0 Å². The summed E-state index contributed by atoms with van der Waals surface area (Å²) in [6.07, 6.45) is 1.57. The summed E-state index contributed by atoms with van der Waals surface area (Å²) in [6.45, 7) is 5.76. The number of nitrogens with one attached hydrogen (secondary N) is 2. The van der Waals surface area contributed by atoms with Crippen LogP contribution in [0, 0.1) is 5.92 Å². The van der Waals surface area contributed by atoms with Crippen molar-refractivity contribution in [1.29, 1.82) is 0 Å². The van der Waals surface area contributed by atoms with E-state index in [0.29, 0.717) is 12.3 Å². The van der Waals surface area contributed by atoms with Crippen LogP contribution in [0.5, 0.6) is 0 Å². The van der Waals surface area contributed by atoms with E-state index < -0.39 is 10.0 Å². The van der Waals surface area contributed by atoms with Crippen molar-refractivity contribution in [1.82, 2.24) is 10.0 Å². The van der Waals surface area contributed by atoms with Crippen LogP contribution in [0.2, 0.25) is 0 Å². The van der Waals surface area contributed by atoms with Crippen molar-refractivity contribution in [3.05, 3.63) is 0 Å². The summed E-state index contributed by atoms with van der Waals surface area (Å²) in [5.41, 5.74) is 0. The third-order valence-electron chi connectivity index (χ3n) is 2.59. The van der Waals surface area contributed by atoms with E-state index in [9.17, 15) is 8.42 Å².